The number of nitrogens with zero attached hydrogens (tertiary/aromatic N) is 3. The monoisotopic (exact) mass is 540 g/mol. The molecule has 3 N–H and O–H groups in total. The molecular weight excluding hydrogens is 508 g/mol. The molecule has 3 aliphatic rings. The number of hydrogen-bond donors (Lipinski definition) is 3. The number of amides is 3. The van der Waals surface area contributed by atoms with Gasteiger partial charge in [0, 0.05) is 74.6 Å². The molecule has 3 aromatic heterocycles. The molecule has 3 aromatic rings. The summed E-state index contributed by atoms with van der Waals surface area (Å²) in [6.45, 7) is 4.54. The van der Waals surface area contributed by atoms with Gasteiger partial charge in [0.15, 0.2) is 0 Å². The largest absolute Gasteiger partial charge is 0.358 e. The van der Waals surface area contributed by atoms with E-state index in [0.29, 0.717) is 41.6 Å². The summed E-state index contributed by atoms with van der Waals surface area (Å²) >= 11 is 0. The fourth-order valence-corrected chi connectivity index (χ4v) is 6.33. The average molecular weight is 541 g/mol. The van der Waals surface area contributed by atoms with Crippen molar-refractivity contribution in [1.29, 1.82) is 0 Å². The van der Waals surface area contributed by atoms with E-state index in [1.54, 1.807) is 53.2 Å². The van der Waals surface area contributed by atoms with E-state index in [1.165, 1.54) is 6.08 Å². The van der Waals surface area contributed by atoms with Gasteiger partial charge in [-0.1, -0.05) is 6.92 Å². The van der Waals surface area contributed by atoms with Gasteiger partial charge in [-0.15, -0.1) is 0 Å². The Morgan fingerprint density at radius 3 is 2.65 bits per heavy atom. The lowest BCUT2D eigenvalue weighted by molar-refractivity contribution is -0.124. The number of nitrogens with one attached hydrogen (secondary N) is 3. The number of piperidine rings is 1. The molecule has 10 heteroatoms. The number of fused-ring (bicyclic) bond motifs is 1. The van der Waals surface area contributed by atoms with Gasteiger partial charge in [-0.3, -0.25) is 19.2 Å². The molecule has 6 rings (SSSR count). The van der Waals surface area contributed by atoms with Crippen molar-refractivity contribution in [2.24, 2.45) is 20.0 Å². The highest BCUT2D eigenvalue weighted by Crippen LogP contribution is 2.67. The summed E-state index contributed by atoms with van der Waals surface area (Å²) < 4.78 is 3.48. The zero-order valence-electron chi connectivity index (χ0n) is 23.0. The van der Waals surface area contributed by atoms with Gasteiger partial charge in [0.1, 0.15) is 5.69 Å². The van der Waals surface area contributed by atoms with Crippen molar-refractivity contribution >= 4 is 41.0 Å². The number of ketones is 1. The van der Waals surface area contributed by atoms with E-state index >= 15 is 0 Å². The molecule has 4 heterocycles. The number of hydrogen-bond acceptors (Lipinski definition) is 4. The summed E-state index contributed by atoms with van der Waals surface area (Å²) in [4.78, 5) is 55.7. The van der Waals surface area contributed by atoms with Crippen LogP contribution in [0.2, 0.25) is 0 Å². The lowest BCUT2D eigenvalue weighted by Gasteiger charge is -2.27. The fraction of sp³-hybridized carbons (Fsp3) is 0.333. The molecule has 2 unspecified atom stereocenters. The predicted molar refractivity (Wildman–Crippen MR) is 151 cm³/mol. The van der Waals surface area contributed by atoms with Gasteiger partial charge in [0.25, 0.3) is 11.8 Å². The molecule has 2 fully saturated rings. The van der Waals surface area contributed by atoms with Crippen LogP contribution in [-0.2, 0) is 29.1 Å². The second-order valence-electron chi connectivity index (χ2n) is 11.0. The minimum atomic E-state index is -0.314. The maximum Gasteiger partial charge on any atom is 0.272 e. The highest BCUT2D eigenvalue weighted by molar-refractivity contribution is 6.09. The van der Waals surface area contributed by atoms with Crippen LogP contribution in [0.3, 0.4) is 0 Å². The first-order valence-electron chi connectivity index (χ1n) is 13.5. The Kier molecular flexibility index (Phi) is 5.94. The normalized spacial score (nSPS) is 20.7. The summed E-state index contributed by atoms with van der Waals surface area (Å²) in [5.74, 6) is -0.339. The van der Waals surface area contributed by atoms with E-state index in [9.17, 15) is 19.2 Å². The Morgan fingerprint density at radius 1 is 1.12 bits per heavy atom. The van der Waals surface area contributed by atoms with E-state index < -0.39 is 0 Å². The summed E-state index contributed by atoms with van der Waals surface area (Å²) in [5.41, 5.74) is 5.63. The van der Waals surface area contributed by atoms with Gasteiger partial charge in [-0.25, -0.2) is 0 Å². The molecule has 0 aromatic carbocycles. The Balaban J connectivity index is 1.14. The number of H-pyrrole nitrogens is 1. The molecule has 3 amide bonds. The third-order valence-corrected chi connectivity index (χ3v) is 8.26. The number of anilines is 2. The van der Waals surface area contributed by atoms with Crippen molar-refractivity contribution in [3.8, 4) is 0 Å². The van der Waals surface area contributed by atoms with Gasteiger partial charge >= 0.3 is 0 Å². The smallest absolute Gasteiger partial charge is 0.272 e. The van der Waals surface area contributed by atoms with Gasteiger partial charge in [0.2, 0.25) is 11.7 Å². The number of likely N-dealkylation sites (tertiary alicyclic amines) is 1. The van der Waals surface area contributed by atoms with E-state index in [0.717, 1.165) is 35.4 Å². The lowest BCUT2D eigenvalue weighted by Crippen LogP contribution is -2.32. The second kappa shape index (κ2) is 9.25. The van der Waals surface area contributed by atoms with Crippen LogP contribution >= 0.6 is 0 Å². The summed E-state index contributed by atoms with van der Waals surface area (Å²) in [6.07, 6.45) is 12.3. The molecule has 1 spiro atoms. The molecular formula is C30H32N6O4. The zero-order valence-corrected chi connectivity index (χ0v) is 23.0. The Morgan fingerprint density at radius 2 is 1.88 bits per heavy atom. The third kappa shape index (κ3) is 4.02. The maximum absolute atomic E-state index is 13.3. The molecule has 206 valence electrons. The fourth-order valence-electron chi connectivity index (χ4n) is 6.33. The van der Waals surface area contributed by atoms with Gasteiger partial charge in [0.05, 0.1) is 17.1 Å². The van der Waals surface area contributed by atoms with E-state index in [1.807, 2.05) is 31.7 Å². The zero-order chi connectivity index (χ0) is 28.3. The van der Waals surface area contributed by atoms with Crippen molar-refractivity contribution in [3.63, 3.8) is 0 Å². The van der Waals surface area contributed by atoms with Crippen molar-refractivity contribution in [1.82, 2.24) is 19.0 Å². The number of aromatic amines is 1. The number of carbonyl (C=O) groups excluding carboxylic acids is 4. The first kappa shape index (κ1) is 25.7. The Hall–Kier alpha value is -4.60. The SMILES string of the molecule is CCCC(=O)Nc1cc(C(=O)Nc2cc(/C=C/C(=O)N3CC4CC45C3=CC(=O)c3[nH]cc(C)c35)n(C)c2)n(C)c1. The van der Waals surface area contributed by atoms with Crippen LogP contribution in [0, 0.1) is 12.8 Å². The molecule has 10 nitrogen and oxygen atoms in total. The Bertz CT molecular complexity index is 1650. The van der Waals surface area contributed by atoms with Crippen molar-refractivity contribution in [2.45, 2.75) is 38.5 Å². The quantitative estimate of drug-likeness (QED) is 0.394. The van der Waals surface area contributed by atoms with Gasteiger partial charge in [-0.05, 0) is 55.0 Å². The number of aryl methyl sites for hydroxylation is 3. The van der Waals surface area contributed by atoms with E-state index in [-0.39, 0.29) is 28.9 Å². The number of rotatable bonds is 7. The Labute approximate surface area is 231 Å². The first-order chi connectivity index (χ1) is 19.1. The van der Waals surface area contributed by atoms with Crippen LogP contribution in [0.4, 0.5) is 11.4 Å². The standard InChI is InChI=1S/C30H32N6O4/c1-5-6-25(38)32-20-10-22(35(4)16-20)29(40)33-19-9-21(34(3)15-19)7-8-26(39)36-14-18-12-30(18)24(36)11-23(37)28-27(30)17(2)13-31-28/h7-11,13,15-16,18,31H,5-6,12,14H2,1-4H3,(H,32,38)(H,33,40)/b8-7+. The highest BCUT2D eigenvalue weighted by atomic mass is 16.2. The van der Waals surface area contributed by atoms with Crippen LogP contribution in [0.15, 0.2) is 48.6 Å². The number of allylic oxidation sites excluding steroid dienone is 2. The highest BCUT2D eigenvalue weighted by Gasteiger charge is 2.67. The molecule has 2 atom stereocenters. The molecule has 0 radical (unpaired) electrons. The minimum Gasteiger partial charge on any atom is -0.358 e. The van der Waals surface area contributed by atoms with Crippen LogP contribution in [0.25, 0.3) is 6.08 Å². The summed E-state index contributed by atoms with van der Waals surface area (Å²) in [7, 11) is 3.58. The summed E-state index contributed by atoms with van der Waals surface area (Å²) in [6, 6.07) is 3.43. The number of carbonyl (C=O) groups is 4. The lowest BCUT2D eigenvalue weighted by atomic mass is 9.83. The second-order valence-corrected chi connectivity index (χ2v) is 11.0. The van der Waals surface area contributed by atoms with Crippen molar-refractivity contribution in [2.75, 3.05) is 17.2 Å². The average Bonchev–Trinajstić information content (AvgIpc) is 3.24. The minimum absolute atomic E-state index is 0.0884. The third-order valence-electron chi connectivity index (χ3n) is 8.26. The molecule has 40 heavy (non-hydrogen) atoms. The topological polar surface area (TPSA) is 121 Å². The molecule has 1 aliphatic heterocycles. The summed E-state index contributed by atoms with van der Waals surface area (Å²) in [5, 5.41) is 5.69. The first-order valence-corrected chi connectivity index (χ1v) is 13.5. The van der Waals surface area contributed by atoms with Crippen LogP contribution in [0.5, 0.6) is 0 Å². The van der Waals surface area contributed by atoms with Crippen LogP contribution < -0.4 is 10.6 Å². The van der Waals surface area contributed by atoms with Gasteiger partial charge in [-0.2, -0.15) is 0 Å². The van der Waals surface area contributed by atoms with E-state index in [2.05, 4.69) is 15.6 Å². The number of aromatic nitrogens is 3. The maximum atomic E-state index is 13.3. The molecule has 1 saturated heterocycles. The predicted octanol–water partition coefficient (Wildman–Crippen LogP) is 3.88. The molecule has 2 aliphatic carbocycles. The van der Waals surface area contributed by atoms with Gasteiger partial charge < -0.3 is 29.7 Å². The van der Waals surface area contributed by atoms with Crippen LogP contribution in [-0.4, -0.2) is 49.1 Å². The van der Waals surface area contributed by atoms with E-state index in [4.69, 9.17) is 0 Å². The molecule has 1 saturated carbocycles. The van der Waals surface area contributed by atoms with Crippen LogP contribution in [0.1, 0.15) is 64.0 Å². The molecule has 0 bridgehead atoms. The van der Waals surface area contributed by atoms with Crippen molar-refractivity contribution < 1.29 is 19.2 Å². The van der Waals surface area contributed by atoms with Crippen molar-refractivity contribution in [3.05, 3.63) is 76.8 Å².